The van der Waals surface area contributed by atoms with Gasteiger partial charge < -0.3 is 4.74 Å². The molecule has 0 amide bonds. The van der Waals surface area contributed by atoms with Crippen molar-refractivity contribution in [1.29, 1.82) is 0 Å². The Morgan fingerprint density at radius 1 is 0.950 bits per heavy atom. The van der Waals surface area contributed by atoms with Crippen LogP contribution in [-0.4, -0.2) is 37.0 Å². The van der Waals surface area contributed by atoms with E-state index in [1.165, 1.54) is 0 Å². The fraction of sp³-hybridized carbons (Fsp3) is 1.00. The maximum atomic E-state index is 9.87. The van der Waals surface area contributed by atoms with Gasteiger partial charge in [-0.2, -0.15) is 0 Å². The summed E-state index contributed by atoms with van der Waals surface area (Å²) < 4.78 is 66.0. The number of ether oxygens (including phenoxy) is 1. The third-order valence-electron chi connectivity index (χ3n) is 3.25. The predicted molar refractivity (Wildman–Crippen MR) is 71.1 cm³/mol. The van der Waals surface area contributed by atoms with Gasteiger partial charge in [-0.15, -0.1) is 0 Å². The average molecular weight is 333 g/mol. The molecule has 0 aromatic rings. The van der Waals surface area contributed by atoms with Crippen molar-refractivity contribution in [2.45, 2.75) is 53.3 Å². The molecule has 0 saturated carbocycles. The molecule has 2 nitrogen and oxygen atoms in total. The second-order valence-electron chi connectivity index (χ2n) is 5.19. The Morgan fingerprint density at radius 2 is 1.30 bits per heavy atom. The summed E-state index contributed by atoms with van der Waals surface area (Å²) in [4.78, 5) is 0. The fourth-order valence-electron chi connectivity index (χ4n) is 1.50. The standard InChI is InChI=1S/C11H26NO.F6P/c1-7-9-13-11(5)12(6,8-2)10(3)4;1-7(2,3,4,5)6/h10-11H,7-9H2,1-6H3;/q+1;-1. The van der Waals surface area contributed by atoms with E-state index >= 15 is 0 Å². The van der Waals surface area contributed by atoms with Gasteiger partial charge in [-0.1, -0.05) is 6.92 Å². The Balaban J connectivity index is 0. The summed E-state index contributed by atoms with van der Waals surface area (Å²) >= 11 is 0. The van der Waals surface area contributed by atoms with E-state index in [2.05, 4.69) is 41.7 Å². The van der Waals surface area contributed by atoms with Crippen molar-refractivity contribution in [2.75, 3.05) is 20.2 Å². The van der Waals surface area contributed by atoms with Crippen LogP contribution in [0.15, 0.2) is 0 Å². The van der Waals surface area contributed by atoms with Crippen LogP contribution in [0.3, 0.4) is 0 Å². The van der Waals surface area contributed by atoms with Crippen LogP contribution in [0.2, 0.25) is 0 Å². The third kappa shape index (κ3) is 14.3. The van der Waals surface area contributed by atoms with Crippen molar-refractivity contribution in [3.63, 3.8) is 0 Å². The Morgan fingerprint density at radius 3 is 1.50 bits per heavy atom. The van der Waals surface area contributed by atoms with Gasteiger partial charge in [-0.25, -0.2) is 0 Å². The van der Waals surface area contributed by atoms with Crippen LogP contribution in [0, 0.1) is 0 Å². The number of halogens is 6. The van der Waals surface area contributed by atoms with Crippen LogP contribution in [0.5, 0.6) is 0 Å². The molecule has 0 heterocycles. The number of hydrogen-bond donors (Lipinski definition) is 0. The Labute approximate surface area is 116 Å². The summed E-state index contributed by atoms with van der Waals surface area (Å²) in [6.07, 6.45) is 1.41. The first kappa shape index (κ1) is 22.2. The third-order valence-corrected chi connectivity index (χ3v) is 3.25. The molecule has 0 aliphatic rings. The van der Waals surface area contributed by atoms with Gasteiger partial charge in [0.15, 0.2) is 6.23 Å². The Bertz CT molecular complexity index is 279. The molecule has 0 aromatic heterocycles. The molecule has 0 aromatic carbocycles. The van der Waals surface area contributed by atoms with Crippen LogP contribution < -0.4 is 0 Å². The van der Waals surface area contributed by atoms with E-state index in [-0.39, 0.29) is 0 Å². The number of hydrogen-bond acceptors (Lipinski definition) is 1. The molecule has 2 unspecified atom stereocenters. The summed E-state index contributed by atoms with van der Waals surface area (Å²) in [6, 6.07) is 0.622. The van der Waals surface area contributed by atoms with Gasteiger partial charge in [0.25, 0.3) is 0 Å². The maximum absolute atomic E-state index is 10.7. The molecule has 9 heteroatoms. The summed E-state index contributed by atoms with van der Waals surface area (Å²) in [5, 5.41) is 0. The quantitative estimate of drug-likeness (QED) is 0.250. The van der Waals surface area contributed by atoms with E-state index in [1.54, 1.807) is 0 Å². The second-order valence-corrected chi connectivity index (χ2v) is 7.10. The fourth-order valence-corrected chi connectivity index (χ4v) is 1.50. The Kier molecular flexibility index (Phi) is 7.07. The summed E-state index contributed by atoms with van der Waals surface area (Å²) in [6.45, 7) is 13.1. The van der Waals surface area contributed by atoms with E-state index in [1.807, 2.05) is 0 Å². The number of nitrogens with zero attached hydrogens (tertiary/aromatic N) is 1. The molecule has 0 aliphatic carbocycles. The molecular weight excluding hydrogens is 307 g/mol. The van der Waals surface area contributed by atoms with Crippen molar-refractivity contribution in [2.24, 2.45) is 0 Å². The van der Waals surface area contributed by atoms with Gasteiger partial charge >= 0.3 is 33.0 Å². The van der Waals surface area contributed by atoms with E-state index < -0.39 is 7.81 Å². The number of rotatable bonds is 6. The number of quaternary nitrogens is 1. The first-order chi connectivity index (χ1) is 8.43. The molecule has 128 valence electrons. The van der Waals surface area contributed by atoms with Crippen molar-refractivity contribution in [3.8, 4) is 0 Å². The Hall–Kier alpha value is -0.0700. The van der Waals surface area contributed by atoms with Crippen LogP contribution >= 0.6 is 7.81 Å². The molecule has 2 atom stereocenters. The zero-order chi connectivity index (χ0) is 16.9. The van der Waals surface area contributed by atoms with Gasteiger partial charge in [-0.05, 0) is 27.2 Å². The molecule has 0 aliphatic heterocycles. The van der Waals surface area contributed by atoms with Crippen LogP contribution in [0.1, 0.15) is 41.0 Å². The molecule has 0 saturated heterocycles. The zero-order valence-corrected chi connectivity index (χ0v) is 13.7. The minimum absolute atomic E-state index is 0.310. The van der Waals surface area contributed by atoms with E-state index in [0.29, 0.717) is 12.3 Å². The first-order valence-electron chi connectivity index (χ1n) is 6.46. The molecule has 0 radical (unpaired) electrons. The van der Waals surface area contributed by atoms with Crippen LogP contribution in [0.4, 0.5) is 25.2 Å². The van der Waals surface area contributed by atoms with Crippen molar-refractivity contribution in [3.05, 3.63) is 0 Å². The van der Waals surface area contributed by atoms with E-state index in [0.717, 1.165) is 24.1 Å². The summed E-state index contributed by atoms with van der Waals surface area (Å²) in [5.74, 6) is 0. The molecule has 0 rings (SSSR count). The van der Waals surface area contributed by atoms with E-state index in [4.69, 9.17) is 4.74 Å². The molecule has 0 N–H and O–H groups in total. The zero-order valence-electron chi connectivity index (χ0n) is 12.8. The first-order valence-corrected chi connectivity index (χ1v) is 8.49. The van der Waals surface area contributed by atoms with Crippen molar-refractivity contribution < 1.29 is 34.4 Å². The van der Waals surface area contributed by atoms with Crippen molar-refractivity contribution in [1.82, 2.24) is 0 Å². The van der Waals surface area contributed by atoms with Crippen LogP contribution in [-0.2, 0) is 4.74 Å². The molecule has 0 fully saturated rings. The van der Waals surface area contributed by atoms with E-state index in [9.17, 15) is 25.2 Å². The van der Waals surface area contributed by atoms with Gasteiger partial charge in [0.05, 0.1) is 26.2 Å². The molecule has 20 heavy (non-hydrogen) atoms. The molecule has 0 spiro atoms. The second kappa shape index (κ2) is 6.36. The molecule has 0 bridgehead atoms. The van der Waals surface area contributed by atoms with Crippen molar-refractivity contribution >= 4 is 7.81 Å². The predicted octanol–water partition coefficient (Wildman–Crippen LogP) is 6.02. The monoisotopic (exact) mass is 333 g/mol. The average Bonchev–Trinajstić information content (AvgIpc) is 2.19. The minimum atomic E-state index is -10.7. The normalized spacial score (nSPS) is 20.2. The van der Waals surface area contributed by atoms with Gasteiger partial charge in [0.2, 0.25) is 0 Å². The summed E-state index contributed by atoms with van der Waals surface area (Å²) in [7, 11) is -8.39. The topological polar surface area (TPSA) is 9.23 Å². The summed E-state index contributed by atoms with van der Waals surface area (Å²) in [5.41, 5.74) is 0. The van der Waals surface area contributed by atoms with Gasteiger partial charge in [0.1, 0.15) is 0 Å². The van der Waals surface area contributed by atoms with Gasteiger partial charge in [0, 0.05) is 6.92 Å². The molecular formula is C11H26F6NOP. The van der Waals surface area contributed by atoms with Gasteiger partial charge in [-0.3, -0.25) is 4.48 Å². The SMILES string of the molecule is CCCOC(C)[N+](C)(CC)C(C)C.F[P-](F)(F)(F)(F)F. The van der Waals surface area contributed by atoms with Crippen LogP contribution in [0.25, 0.3) is 0 Å².